The minimum Gasteiger partial charge on any atom is -0.492 e. The number of halogens is 2. The maximum absolute atomic E-state index is 12.2. The second kappa shape index (κ2) is 8.05. The Bertz CT molecular complexity index is 922. The number of carbonyl (C=O) groups is 1. The molecule has 1 aliphatic heterocycles. The third-order valence-corrected chi connectivity index (χ3v) is 4.84. The number of aliphatic imine (C=N–C) groups is 1. The van der Waals surface area contributed by atoms with Crippen LogP contribution in [0.1, 0.15) is 18.1 Å². The molecule has 0 radical (unpaired) electrons. The van der Waals surface area contributed by atoms with Gasteiger partial charge in [0.05, 0.1) is 23.8 Å². The molecule has 0 saturated carbocycles. The number of hydrogen-bond acceptors (Lipinski definition) is 5. The Morgan fingerprint density at radius 2 is 1.96 bits per heavy atom. The van der Waals surface area contributed by atoms with Crippen LogP contribution in [-0.2, 0) is 9.53 Å². The van der Waals surface area contributed by atoms with Crippen LogP contribution in [-0.4, -0.2) is 25.6 Å². The van der Waals surface area contributed by atoms with Crippen LogP contribution in [0, 0.1) is 0 Å². The number of carbonyl (C=O) groups excluding carboxylic acids is 1. The lowest BCUT2D eigenvalue weighted by Gasteiger charge is -2.12. The molecule has 5 nitrogen and oxygen atoms in total. The van der Waals surface area contributed by atoms with E-state index in [1.165, 1.54) is 0 Å². The van der Waals surface area contributed by atoms with Crippen LogP contribution in [0.25, 0.3) is 6.08 Å². The first-order chi connectivity index (χ1) is 12.5. The van der Waals surface area contributed by atoms with Gasteiger partial charge in [-0.25, -0.2) is 9.79 Å². The summed E-state index contributed by atoms with van der Waals surface area (Å²) in [5.74, 6) is 0.949. The molecule has 0 unspecified atom stereocenters. The summed E-state index contributed by atoms with van der Waals surface area (Å²) < 4.78 is 17.8. The van der Waals surface area contributed by atoms with Crippen molar-refractivity contribution in [2.24, 2.45) is 4.99 Å². The molecule has 0 N–H and O–H groups in total. The molecule has 0 bridgehead atoms. The van der Waals surface area contributed by atoms with Crippen LogP contribution < -0.4 is 9.47 Å². The Kier molecular flexibility index (Phi) is 5.78. The maximum Gasteiger partial charge on any atom is 0.363 e. The van der Waals surface area contributed by atoms with E-state index >= 15 is 0 Å². The van der Waals surface area contributed by atoms with Crippen LogP contribution in [0.15, 0.2) is 56.0 Å². The molecule has 1 aliphatic rings. The molecule has 3 rings (SSSR count). The highest BCUT2D eigenvalue weighted by atomic mass is 79.9. The van der Waals surface area contributed by atoms with Gasteiger partial charge in [-0.15, -0.1) is 0 Å². The topological polar surface area (TPSA) is 57.1 Å². The van der Waals surface area contributed by atoms with Gasteiger partial charge in [0.1, 0.15) is 0 Å². The Balaban J connectivity index is 1.99. The zero-order valence-electron chi connectivity index (χ0n) is 14.1. The summed E-state index contributed by atoms with van der Waals surface area (Å²) in [6, 6.07) is 11.0. The van der Waals surface area contributed by atoms with Crippen LogP contribution in [0.2, 0.25) is 0 Å². The summed E-state index contributed by atoms with van der Waals surface area (Å²) in [6.07, 6.45) is 1.65. The van der Waals surface area contributed by atoms with E-state index in [4.69, 9.17) is 14.2 Å². The van der Waals surface area contributed by atoms with E-state index in [1.54, 1.807) is 19.3 Å². The Hall–Kier alpha value is -2.12. The highest BCUT2D eigenvalue weighted by molar-refractivity contribution is 9.10. The summed E-state index contributed by atoms with van der Waals surface area (Å²) in [5.41, 5.74) is 1.68. The molecule has 26 heavy (non-hydrogen) atoms. The summed E-state index contributed by atoms with van der Waals surface area (Å²) in [7, 11) is 1.57. The molecule has 0 atom stereocenters. The number of rotatable bonds is 5. The second-order valence-electron chi connectivity index (χ2n) is 5.28. The number of ether oxygens (including phenoxy) is 3. The lowest BCUT2D eigenvalue weighted by molar-refractivity contribution is -0.129. The van der Waals surface area contributed by atoms with Gasteiger partial charge < -0.3 is 14.2 Å². The van der Waals surface area contributed by atoms with Crippen LogP contribution >= 0.6 is 31.9 Å². The standard InChI is InChI=1S/C19H15Br2NO4/c1-3-25-16-10-11(8-14(21)17(16)24-2)9-15-19(23)26-18(22-15)12-6-4-5-7-13(12)20/h4-10H,3H2,1-2H3. The van der Waals surface area contributed by atoms with Crippen molar-refractivity contribution < 1.29 is 19.0 Å². The maximum atomic E-state index is 12.2. The highest BCUT2D eigenvalue weighted by Crippen LogP contribution is 2.37. The fraction of sp³-hybridized carbons (Fsp3) is 0.158. The first kappa shape index (κ1) is 18.7. The van der Waals surface area contributed by atoms with Gasteiger partial charge in [0.15, 0.2) is 17.2 Å². The summed E-state index contributed by atoms with van der Waals surface area (Å²) >= 11 is 6.90. The fourth-order valence-corrected chi connectivity index (χ4v) is 3.53. The van der Waals surface area contributed by atoms with Gasteiger partial charge in [-0.3, -0.25) is 0 Å². The molecule has 0 spiro atoms. The number of hydrogen-bond donors (Lipinski definition) is 0. The average molecular weight is 481 g/mol. The van der Waals surface area contributed by atoms with E-state index in [2.05, 4.69) is 36.9 Å². The highest BCUT2D eigenvalue weighted by Gasteiger charge is 2.25. The second-order valence-corrected chi connectivity index (χ2v) is 6.99. The number of cyclic esters (lactones) is 1. The van der Waals surface area contributed by atoms with Crippen LogP contribution in [0.3, 0.4) is 0 Å². The molecule has 0 saturated heterocycles. The van der Waals surface area contributed by atoms with Crippen molar-refractivity contribution in [3.05, 3.63) is 62.2 Å². The molecule has 2 aromatic rings. The molecule has 0 fully saturated rings. The lowest BCUT2D eigenvalue weighted by Crippen LogP contribution is -2.05. The van der Waals surface area contributed by atoms with E-state index in [0.717, 1.165) is 20.1 Å². The van der Waals surface area contributed by atoms with Crippen molar-refractivity contribution in [3.63, 3.8) is 0 Å². The Labute approximate surface area is 167 Å². The quantitative estimate of drug-likeness (QED) is 0.448. The molecule has 1 heterocycles. The number of esters is 1. The normalized spacial score (nSPS) is 15.0. The number of methoxy groups -OCH3 is 1. The molecule has 7 heteroatoms. The summed E-state index contributed by atoms with van der Waals surface area (Å²) in [6.45, 7) is 2.39. The van der Waals surface area contributed by atoms with Crippen LogP contribution in [0.5, 0.6) is 11.5 Å². The van der Waals surface area contributed by atoms with Gasteiger partial charge >= 0.3 is 5.97 Å². The van der Waals surface area contributed by atoms with Crippen molar-refractivity contribution in [2.75, 3.05) is 13.7 Å². The molecular weight excluding hydrogens is 466 g/mol. The third-order valence-electron chi connectivity index (χ3n) is 3.56. The van der Waals surface area contributed by atoms with E-state index in [-0.39, 0.29) is 11.6 Å². The predicted octanol–water partition coefficient (Wildman–Crippen LogP) is 4.96. The molecule has 0 aliphatic carbocycles. The van der Waals surface area contributed by atoms with Gasteiger partial charge in [0.25, 0.3) is 0 Å². The van der Waals surface area contributed by atoms with Gasteiger partial charge in [-0.1, -0.05) is 12.1 Å². The molecule has 0 aromatic heterocycles. The van der Waals surface area contributed by atoms with E-state index in [1.807, 2.05) is 37.3 Å². The molecule has 0 amide bonds. The van der Waals surface area contributed by atoms with Crippen molar-refractivity contribution in [3.8, 4) is 11.5 Å². The minimum atomic E-state index is -0.499. The SMILES string of the molecule is CCOc1cc(C=C2N=C(c3ccccc3Br)OC2=O)cc(Br)c1OC. The lowest BCUT2D eigenvalue weighted by atomic mass is 10.1. The average Bonchev–Trinajstić information content (AvgIpc) is 2.96. The molecule has 134 valence electrons. The zero-order valence-corrected chi connectivity index (χ0v) is 17.3. The van der Waals surface area contributed by atoms with E-state index < -0.39 is 5.97 Å². The first-order valence-corrected chi connectivity index (χ1v) is 9.40. The van der Waals surface area contributed by atoms with E-state index in [0.29, 0.717) is 18.1 Å². The van der Waals surface area contributed by atoms with Gasteiger partial charge in [-0.2, -0.15) is 0 Å². The predicted molar refractivity (Wildman–Crippen MR) is 107 cm³/mol. The van der Waals surface area contributed by atoms with Crippen molar-refractivity contribution in [1.29, 1.82) is 0 Å². The van der Waals surface area contributed by atoms with Crippen LogP contribution in [0.4, 0.5) is 0 Å². The molecule has 2 aromatic carbocycles. The van der Waals surface area contributed by atoms with Gasteiger partial charge in [0.2, 0.25) is 5.90 Å². The number of benzene rings is 2. The minimum absolute atomic E-state index is 0.218. The zero-order chi connectivity index (χ0) is 18.7. The van der Waals surface area contributed by atoms with Gasteiger partial charge in [-0.05, 0) is 74.7 Å². The van der Waals surface area contributed by atoms with E-state index in [9.17, 15) is 4.79 Å². The van der Waals surface area contributed by atoms with Gasteiger partial charge in [0, 0.05) is 4.47 Å². The summed E-state index contributed by atoms with van der Waals surface area (Å²) in [4.78, 5) is 16.5. The van der Waals surface area contributed by atoms with Crippen molar-refractivity contribution in [1.82, 2.24) is 0 Å². The monoisotopic (exact) mass is 479 g/mol. The fourth-order valence-electron chi connectivity index (χ4n) is 2.45. The Morgan fingerprint density at radius 3 is 2.65 bits per heavy atom. The molecular formula is C19H15Br2NO4. The van der Waals surface area contributed by atoms with Crippen molar-refractivity contribution >= 4 is 49.8 Å². The number of nitrogens with zero attached hydrogens (tertiary/aromatic N) is 1. The summed E-state index contributed by atoms with van der Waals surface area (Å²) in [5, 5.41) is 0. The Morgan fingerprint density at radius 1 is 1.19 bits per heavy atom. The smallest absolute Gasteiger partial charge is 0.363 e. The third kappa shape index (κ3) is 3.83. The van der Waals surface area contributed by atoms with Crippen molar-refractivity contribution in [2.45, 2.75) is 6.92 Å². The first-order valence-electron chi connectivity index (χ1n) is 7.81. The largest absolute Gasteiger partial charge is 0.492 e.